The first-order valence-electron chi connectivity index (χ1n) is 6.65. The highest BCUT2D eigenvalue weighted by atomic mass is 16.5. The van der Waals surface area contributed by atoms with Crippen LogP contribution in [0.15, 0.2) is 0 Å². The molecule has 0 aromatic heterocycles. The van der Waals surface area contributed by atoms with Crippen LogP contribution in [0.2, 0.25) is 0 Å². The minimum atomic E-state index is -0.938. The van der Waals surface area contributed by atoms with Gasteiger partial charge in [0.2, 0.25) is 5.91 Å². The lowest BCUT2D eigenvalue weighted by atomic mass is 9.95. The minimum absolute atomic E-state index is 0.202. The van der Waals surface area contributed by atoms with Crippen LogP contribution in [0.1, 0.15) is 33.1 Å². The molecule has 19 heavy (non-hydrogen) atoms. The summed E-state index contributed by atoms with van der Waals surface area (Å²) in [4.78, 5) is 34.2. The maximum atomic E-state index is 11.9. The van der Waals surface area contributed by atoms with E-state index in [2.05, 4.69) is 5.32 Å². The second-order valence-corrected chi connectivity index (χ2v) is 4.82. The second kappa shape index (κ2) is 7.11. The Balaban J connectivity index is 2.54. The van der Waals surface area contributed by atoms with Crippen LogP contribution in [0.3, 0.4) is 0 Å². The predicted octanol–water partition coefficient (Wildman–Crippen LogP) is 0.803. The first-order chi connectivity index (χ1) is 8.99. The fourth-order valence-corrected chi connectivity index (χ4v) is 2.54. The molecule has 6 heteroatoms. The van der Waals surface area contributed by atoms with E-state index >= 15 is 0 Å². The molecule has 108 valence electrons. The van der Waals surface area contributed by atoms with Crippen molar-refractivity contribution < 1.29 is 24.2 Å². The minimum Gasteiger partial charge on any atom is -0.481 e. The number of carbonyl (C=O) groups excluding carboxylic acids is 2. The van der Waals surface area contributed by atoms with Gasteiger partial charge in [-0.2, -0.15) is 0 Å². The molecular weight excluding hydrogens is 250 g/mol. The van der Waals surface area contributed by atoms with Gasteiger partial charge in [-0.05, 0) is 25.7 Å². The van der Waals surface area contributed by atoms with Crippen LogP contribution in [0, 0.1) is 17.8 Å². The van der Waals surface area contributed by atoms with Gasteiger partial charge in [-0.3, -0.25) is 14.4 Å². The van der Waals surface area contributed by atoms with Crippen molar-refractivity contribution in [2.24, 2.45) is 17.8 Å². The van der Waals surface area contributed by atoms with Crippen molar-refractivity contribution in [1.82, 2.24) is 5.32 Å². The van der Waals surface area contributed by atoms with E-state index in [1.54, 1.807) is 6.92 Å². The number of ether oxygens (including phenoxy) is 1. The highest BCUT2D eigenvalue weighted by Gasteiger charge is 2.42. The summed E-state index contributed by atoms with van der Waals surface area (Å²) in [5, 5.41) is 11.6. The number of aliphatic carboxylic acids is 1. The molecule has 0 radical (unpaired) electrons. The lowest BCUT2D eigenvalue weighted by Crippen LogP contribution is -2.38. The van der Waals surface area contributed by atoms with Gasteiger partial charge in [0.25, 0.3) is 0 Å². The Hall–Kier alpha value is -1.59. The predicted molar refractivity (Wildman–Crippen MR) is 67.3 cm³/mol. The Morgan fingerprint density at radius 2 is 1.84 bits per heavy atom. The van der Waals surface area contributed by atoms with Gasteiger partial charge in [0.05, 0.1) is 18.4 Å². The molecule has 1 fully saturated rings. The number of carboxylic acids is 1. The highest BCUT2D eigenvalue weighted by Crippen LogP contribution is 2.38. The van der Waals surface area contributed by atoms with E-state index in [1.807, 2.05) is 6.92 Å². The number of hydrogen-bond donors (Lipinski definition) is 2. The molecule has 2 N–H and O–H groups in total. The molecule has 1 unspecified atom stereocenters. The first kappa shape index (κ1) is 15.5. The zero-order valence-electron chi connectivity index (χ0n) is 11.3. The number of esters is 1. The van der Waals surface area contributed by atoms with Gasteiger partial charge >= 0.3 is 11.9 Å². The molecule has 0 aliphatic heterocycles. The highest BCUT2D eigenvalue weighted by molar-refractivity contribution is 5.87. The quantitative estimate of drug-likeness (QED) is 0.697. The Morgan fingerprint density at radius 1 is 1.21 bits per heavy atom. The molecule has 1 saturated carbocycles. The summed E-state index contributed by atoms with van der Waals surface area (Å²) in [6.45, 7) is 3.73. The molecule has 1 aliphatic carbocycles. The molecule has 0 heterocycles. The van der Waals surface area contributed by atoms with Crippen molar-refractivity contribution in [2.45, 2.75) is 33.1 Å². The Morgan fingerprint density at radius 3 is 2.37 bits per heavy atom. The fourth-order valence-electron chi connectivity index (χ4n) is 2.54. The molecule has 0 bridgehead atoms. The standard InChI is InChI=1S/C13H21NO5/c1-3-8-5-9(10(6-8)13(17)18)12(16)14-7-11(15)19-4-2/h8-10H,3-7H2,1-2H3,(H,14,16)(H,17,18)/t8?,9-,10+/m0/s1. The third-order valence-electron chi connectivity index (χ3n) is 3.60. The monoisotopic (exact) mass is 271 g/mol. The summed E-state index contributed by atoms with van der Waals surface area (Å²) in [5.74, 6) is -2.74. The Kier molecular flexibility index (Phi) is 5.79. The summed E-state index contributed by atoms with van der Waals surface area (Å²) in [6, 6.07) is 0. The van der Waals surface area contributed by atoms with Crippen molar-refractivity contribution in [2.75, 3.05) is 13.2 Å². The molecule has 3 atom stereocenters. The average molecular weight is 271 g/mol. The third kappa shape index (κ3) is 4.22. The molecule has 1 rings (SSSR count). The molecule has 0 spiro atoms. The molecule has 1 amide bonds. The summed E-state index contributed by atoms with van der Waals surface area (Å²) >= 11 is 0. The van der Waals surface area contributed by atoms with E-state index in [9.17, 15) is 14.4 Å². The van der Waals surface area contributed by atoms with Gasteiger partial charge in [0.15, 0.2) is 0 Å². The normalized spacial score (nSPS) is 25.9. The van der Waals surface area contributed by atoms with Crippen LogP contribution in [0.4, 0.5) is 0 Å². The molecule has 0 aromatic carbocycles. The van der Waals surface area contributed by atoms with Crippen LogP contribution < -0.4 is 5.32 Å². The maximum Gasteiger partial charge on any atom is 0.325 e. The van der Waals surface area contributed by atoms with Crippen LogP contribution in [0.25, 0.3) is 0 Å². The van der Waals surface area contributed by atoms with Crippen LogP contribution in [-0.4, -0.2) is 36.1 Å². The van der Waals surface area contributed by atoms with Crippen molar-refractivity contribution in [1.29, 1.82) is 0 Å². The first-order valence-corrected chi connectivity index (χ1v) is 6.65. The van der Waals surface area contributed by atoms with E-state index < -0.39 is 23.8 Å². The van der Waals surface area contributed by atoms with Crippen LogP contribution in [-0.2, 0) is 19.1 Å². The van der Waals surface area contributed by atoms with E-state index in [0.717, 1.165) is 6.42 Å². The molecule has 0 saturated heterocycles. The van der Waals surface area contributed by atoms with Crippen LogP contribution in [0.5, 0.6) is 0 Å². The third-order valence-corrected chi connectivity index (χ3v) is 3.60. The van der Waals surface area contributed by atoms with Gasteiger partial charge in [-0.25, -0.2) is 0 Å². The number of hydrogen-bond acceptors (Lipinski definition) is 4. The van der Waals surface area contributed by atoms with E-state index in [4.69, 9.17) is 9.84 Å². The summed E-state index contributed by atoms with van der Waals surface area (Å²) in [5.41, 5.74) is 0. The number of amides is 1. The van der Waals surface area contributed by atoms with Gasteiger partial charge in [0, 0.05) is 0 Å². The summed E-state index contributed by atoms with van der Waals surface area (Å²) < 4.78 is 4.70. The van der Waals surface area contributed by atoms with Crippen LogP contribution >= 0.6 is 0 Å². The number of carbonyl (C=O) groups is 3. The van der Waals surface area contributed by atoms with E-state index in [0.29, 0.717) is 12.8 Å². The molecule has 1 aliphatic rings. The van der Waals surface area contributed by atoms with Gasteiger partial charge in [-0.15, -0.1) is 0 Å². The largest absolute Gasteiger partial charge is 0.481 e. The molecular formula is C13H21NO5. The molecule has 6 nitrogen and oxygen atoms in total. The number of carboxylic acid groups (broad SMARTS) is 1. The van der Waals surface area contributed by atoms with Gasteiger partial charge < -0.3 is 15.2 Å². The summed E-state index contributed by atoms with van der Waals surface area (Å²) in [6.07, 6.45) is 1.97. The number of nitrogens with one attached hydrogen (secondary N) is 1. The second-order valence-electron chi connectivity index (χ2n) is 4.82. The lowest BCUT2D eigenvalue weighted by Gasteiger charge is -2.15. The maximum absolute atomic E-state index is 11.9. The van der Waals surface area contributed by atoms with Gasteiger partial charge in [-0.1, -0.05) is 13.3 Å². The van der Waals surface area contributed by atoms with Crippen molar-refractivity contribution >= 4 is 17.8 Å². The van der Waals surface area contributed by atoms with Crippen molar-refractivity contribution in [3.05, 3.63) is 0 Å². The Labute approximate surface area is 112 Å². The lowest BCUT2D eigenvalue weighted by molar-refractivity contribution is -0.147. The molecule has 0 aromatic rings. The summed E-state index contributed by atoms with van der Waals surface area (Å²) in [7, 11) is 0. The topological polar surface area (TPSA) is 92.7 Å². The van der Waals surface area contributed by atoms with Gasteiger partial charge in [0.1, 0.15) is 6.54 Å². The van der Waals surface area contributed by atoms with E-state index in [-0.39, 0.29) is 25.0 Å². The van der Waals surface area contributed by atoms with Crippen molar-refractivity contribution in [3.8, 4) is 0 Å². The number of rotatable bonds is 6. The zero-order valence-corrected chi connectivity index (χ0v) is 11.3. The fraction of sp³-hybridized carbons (Fsp3) is 0.769. The zero-order chi connectivity index (χ0) is 14.4. The smallest absolute Gasteiger partial charge is 0.325 e. The van der Waals surface area contributed by atoms with E-state index in [1.165, 1.54) is 0 Å². The van der Waals surface area contributed by atoms with Crippen molar-refractivity contribution in [3.63, 3.8) is 0 Å². The average Bonchev–Trinajstić information content (AvgIpc) is 2.80. The SMILES string of the molecule is CCOC(=O)CNC(=O)[C@H]1CC(CC)C[C@H]1C(=O)O. The Bertz CT molecular complexity index is 355.